The first kappa shape index (κ1) is 18.8. The third-order valence-corrected chi connectivity index (χ3v) is 6.46. The minimum Gasteiger partial charge on any atom is -0.486 e. The summed E-state index contributed by atoms with van der Waals surface area (Å²) in [6, 6.07) is 6.59. The first-order chi connectivity index (χ1) is 12.5. The molecule has 0 bridgehead atoms. The number of aromatic nitrogens is 3. The van der Waals surface area contributed by atoms with Gasteiger partial charge in [0.05, 0.1) is 4.90 Å². The molecule has 1 aliphatic rings. The summed E-state index contributed by atoms with van der Waals surface area (Å²) in [7, 11) is -1.72. The van der Waals surface area contributed by atoms with Crippen LogP contribution in [-0.2, 0) is 23.7 Å². The lowest BCUT2D eigenvalue weighted by molar-refractivity contribution is 0.289. The lowest BCUT2D eigenvalue weighted by Gasteiger charge is -2.27. The average molecular weight is 379 g/mol. The summed E-state index contributed by atoms with van der Waals surface area (Å²) in [5.74, 6) is 1.29. The van der Waals surface area contributed by atoms with E-state index in [-0.39, 0.29) is 12.6 Å². The summed E-state index contributed by atoms with van der Waals surface area (Å²) in [6.07, 6.45) is 3.10. The molecule has 1 atom stereocenters. The molecule has 1 aromatic heterocycles. The number of nitrogens with one attached hydrogen (secondary N) is 1. The van der Waals surface area contributed by atoms with Crippen molar-refractivity contribution in [3.8, 4) is 5.75 Å². The Morgan fingerprint density at radius 3 is 2.69 bits per heavy atom. The fraction of sp³-hybridized carbons (Fsp3) is 0.529. The third-order valence-electron chi connectivity index (χ3n) is 4.49. The van der Waals surface area contributed by atoms with Crippen LogP contribution in [0, 0.1) is 0 Å². The van der Waals surface area contributed by atoms with E-state index in [1.54, 1.807) is 40.3 Å². The average Bonchev–Trinajstić information content (AvgIpc) is 3.30. The zero-order valence-corrected chi connectivity index (χ0v) is 15.9. The highest BCUT2D eigenvalue weighted by atomic mass is 32.2. The van der Waals surface area contributed by atoms with Crippen molar-refractivity contribution in [1.29, 1.82) is 0 Å². The second kappa shape index (κ2) is 8.15. The summed E-state index contributed by atoms with van der Waals surface area (Å²) < 4.78 is 35.0. The van der Waals surface area contributed by atoms with Gasteiger partial charge < -0.3 is 10.1 Å². The van der Waals surface area contributed by atoms with Gasteiger partial charge in [-0.05, 0) is 43.7 Å². The Kier molecular flexibility index (Phi) is 5.90. The molecule has 2 heterocycles. The van der Waals surface area contributed by atoms with Gasteiger partial charge in [0.2, 0.25) is 10.0 Å². The summed E-state index contributed by atoms with van der Waals surface area (Å²) in [5, 5.41) is 7.22. The second-order valence-electron chi connectivity index (χ2n) is 6.32. The van der Waals surface area contributed by atoms with E-state index in [9.17, 15) is 8.42 Å². The van der Waals surface area contributed by atoms with E-state index in [4.69, 9.17) is 4.74 Å². The molecule has 0 aliphatic carbocycles. The van der Waals surface area contributed by atoms with E-state index in [0.29, 0.717) is 29.6 Å². The van der Waals surface area contributed by atoms with E-state index in [1.807, 2.05) is 6.92 Å². The van der Waals surface area contributed by atoms with Gasteiger partial charge in [-0.2, -0.15) is 9.40 Å². The number of rotatable bonds is 8. The van der Waals surface area contributed by atoms with Crippen molar-refractivity contribution in [3.63, 3.8) is 0 Å². The van der Waals surface area contributed by atoms with Gasteiger partial charge in [0, 0.05) is 26.2 Å². The molecule has 1 unspecified atom stereocenters. The van der Waals surface area contributed by atoms with Gasteiger partial charge in [0.25, 0.3) is 0 Å². The van der Waals surface area contributed by atoms with Crippen molar-refractivity contribution in [1.82, 2.24) is 24.4 Å². The fourth-order valence-electron chi connectivity index (χ4n) is 3.05. The lowest BCUT2D eigenvalue weighted by Crippen LogP contribution is -2.41. The van der Waals surface area contributed by atoms with Crippen molar-refractivity contribution in [2.45, 2.75) is 37.3 Å². The molecule has 1 aromatic carbocycles. The Morgan fingerprint density at radius 1 is 1.35 bits per heavy atom. The highest BCUT2D eigenvalue weighted by Gasteiger charge is 2.32. The first-order valence-electron chi connectivity index (χ1n) is 8.80. The second-order valence-corrected chi connectivity index (χ2v) is 8.21. The van der Waals surface area contributed by atoms with Gasteiger partial charge in [-0.15, -0.1) is 0 Å². The highest BCUT2D eigenvalue weighted by molar-refractivity contribution is 7.89. The standard InChI is InChI=1S/C17H25N5O3S/c1-3-10-22(14-8-9-18-11-14)26(23,24)16-6-4-15(5-7-16)25-12-17-19-13-20-21(17)2/h4-7,13-14,18H,3,8-12H2,1-2H3. The van der Waals surface area contributed by atoms with Gasteiger partial charge in [0.1, 0.15) is 18.7 Å². The Hall–Kier alpha value is -1.97. The van der Waals surface area contributed by atoms with Crippen LogP contribution < -0.4 is 10.1 Å². The Bertz CT molecular complexity index is 813. The Labute approximate surface area is 154 Å². The van der Waals surface area contributed by atoms with Crippen LogP contribution in [0.1, 0.15) is 25.6 Å². The molecule has 0 amide bonds. The molecule has 3 rings (SSSR count). The van der Waals surface area contributed by atoms with Crippen LogP contribution in [0.15, 0.2) is 35.5 Å². The van der Waals surface area contributed by atoms with Crippen LogP contribution in [0.3, 0.4) is 0 Å². The predicted octanol–water partition coefficient (Wildman–Crippen LogP) is 1.16. The summed E-state index contributed by atoms with van der Waals surface area (Å²) in [4.78, 5) is 4.39. The SMILES string of the molecule is CCCN(C1CCNC1)S(=O)(=O)c1ccc(OCc2ncnn2C)cc1. The van der Waals surface area contributed by atoms with E-state index in [1.165, 1.54) is 6.33 Å². The number of aryl methyl sites for hydroxylation is 1. The van der Waals surface area contributed by atoms with Crippen molar-refractivity contribution in [3.05, 3.63) is 36.4 Å². The number of hydrogen-bond donors (Lipinski definition) is 1. The molecule has 0 saturated carbocycles. The molecule has 9 heteroatoms. The topological polar surface area (TPSA) is 89.3 Å². The quantitative estimate of drug-likeness (QED) is 0.740. The zero-order chi connectivity index (χ0) is 18.6. The minimum absolute atomic E-state index is 0.0202. The van der Waals surface area contributed by atoms with Crippen molar-refractivity contribution in [2.24, 2.45) is 7.05 Å². The molecular formula is C17H25N5O3S. The number of hydrogen-bond acceptors (Lipinski definition) is 6. The van der Waals surface area contributed by atoms with Gasteiger partial charge in [0.15, 0.2) is 5.82 Å². The van der Waals surface area contributed by atoms with Crippen molar-refractivity contribution < 1.29 is 13.2 Å². The maximum Gasteiger partial charge on any atom is 0.243 e. The largest absolute Gasteiger partial charge is 0.486 e. The third kappa shape index (κ3) is 4.05. The van der Waals surface area contributed by atoms with E-state index >= 15 is 0 Å². The summed E-state index contributed by atoms with van der Waals surface area (Å²) in [5.41, 5.74) is 0. The zero-order valence-electron chi connectivity index (χ0n) is 15.1. The molecule has 1 saturated heterocycles. The molecule has 8 nitrogen and oxygen atoms in total. The monoisotopic (exact) mass is 379 g/mol. The molecule has 0 spiro atoms. The van der Waals surface area contributed by atoms with Crippen LogP contribution in [0.4, 0.5) is 0 Å². The summed E-state index contributed by atoms with van der Waals surface area (Å²) >= 11 is 0. The molecule has 1 aliphatic heterocycles. The molecule has 26 heavy (non-hydrogen) atoms. The number of nitrogens with zero attached hydrogens (tertiary/aromatic N) is 4. The van der Waals surface area contributed by atoms with Gasteiger partial charge in [-0.25, -0.2) is 13.4 Å². The van der Waals surface area contributed by atoms with Crippen LogP contribution in [0.2, 0.25) is 0 Å². The molecule has 1 fully saturated rings. The maximum atomic E-state index is 13.0. The lowest BCUT2D eigenvalue weighted by atomic mass is 10.2. The van der Waals surface area contributed by atoms with E-state index in [2.05, 4.69) is 15.4 Å². The number of ether oxygens (including phenoxy) is 1. The van der Waals surface area contributed by atoms with Crippen molar-refractivity contribution in [2.75, 3.05) is 19.6 Å². The van der Waals surface area contributed by atoms with Crippen LogP contribution in [-0.4, -0.2) is 53.2 Å². The number of sulfonamides is 1. The Balaban J connectivity index is 1.72. The molecule has 2 aromatic rings. The molecule has 1 N–H and O–H groups in total. The smallest absolute Gasteiger partial charge is 0.243 e. The first-order valence-corrected chi connectivity index (χ1v) is 10.2. The van der Waals surface area contributed by atoms with Gasteiger partial charge in [-0.1, -0.05) is 6.92 Å². The van der Waals surface area contributed by atoms with Gasteiger partial charge in [-0.3, -0.25) is 4.68 Å². The molecule has 142 valence electrons. The van der Waals surface area contributed by atoms with Gasteiger partial charge >= 0.3 is 0 Å². The maximum absolute atomic E-state index is 13.0. The van der Waals surface area contributed by atoms with Crippen molar-refractivity contribution >= 4 is 10.0 Å². The minimum atomic E-state index is -3.52. The number of benzene rings is 1. The molecular weight excluding hydrogens is 354 g/mol. The normalized spacial score (nSPS) is 17.7. The Morgan fingerprint density at radius 2 is 2.12 bits per heavy atom. The predicted molar refractivity (Wildman–Crippen MR) is 97.2 cm³/mol. The highest BCUT2D eigenvalue weighted by Crippen LogP contribution is 2.24. The van der Waals surface area contributed by atoms with Crippen LogP contribution in [0.5, 0.6) is 5.75 Å². The summed E-state index contributed by atoms with van der Waals surface area (Å²) in [6.45, 7) is 4.36. The fourth-order valence-corrected chi connectivity index (χ4v) is 4.79. The van der Waals surface area contributed by atoms with Crippen LogP contribution in [0.25, 0.3) is 0 Å². The van der Waals surface area contributed by atoms with E-state index in [0.717, 1.165) is 19.4 Å². The van der Waals surface area contributed by atoms with E-state index < -0.39 is 10.0 Å². The van der Waals surface area contributed by atoms with Crippen LogP contribution >= 0.6 is 0 Å². The molecule has 0 radical (unpaired) electrons.